The van der Waals surface area contributed by atoms with Crippen molar-refractivity contribution in [3.8, 4) is 23.0 Å². The summed E-state index contributed by atoms with van der Waals surface area (Å²) < 4.78 is 37.0. The number of carbonyl (C=O) groups is 5. The van der Waals surface area contributed by atoms with E-state index in [1.807, 2.05) is 48.5 Å². The van der Waals surface area contributed by atoms with E-state index in [2.05, 4.69) is 20.8 Å². The van der Waals surface area contributed by atoms with Gasteiger partial charge in [-0.3, -0.25) is 19.3 Å². The van der Waals surface area contributed by atoms with Crippen LogP contribution < -0.4 is 34.1 Å². The molecule has 2 aliphatic rings. The van der Waals surface area contributed by atoms with E-state index in [1.54, 1.807) is 93.3 Å². The molecular formula is C49H55BN7O12S2+. The van der Waals surface area contributed by atoms with Crippen molar-refractivity contribution in [2.75, 3.05) is 25.3 Å². The molecule has 2 aliphatic heterocycles. The maximum absolute atomic E-state index is 13.8. The highest BCUT2D eigenvalue weighted by atomic mass is 32.2. The Kier molecular flexibility index (Phi) is 16.1. The molecule has 1 saturated heterocycles. The van der Waals surface area contributed by atoms with Gasteiger partial charge in [-0.2, -0.15) is 0 Å². The number of fused-ring (bicyclic) bond motifs is 1. The predicted octanol–water partition coefficient (Wildman–Crippen LogP) is 4.64. The molecule has 2 atom stereocenters. The number of rotatable bonds is 20. The van der Waals surface area contributed by atoms with Gasteiger partial charge in [0.05, 0.1) is 19.2 Å². The number of aryl methyl sites for hydroxylation is 1. The SMILES string of the molecule is BOC(=O)C1=C(C[n+]2ccn(CC(=O)Nc3ccc(OCc4ccc(OC)cc4)c(OCc4ccc(OC)cc4)c3)c2)CS[C@@H]2[C@H](NC(=O)/C(=N\OC(C)(C)C(=O)OC(C)(C)C)c3csc(C)n3)C(=O)N12. The molecule has 372 valence electrons. The molecule has 4 heterocycles. The molecule has 71 heavy (non-hydrogen) atoms. The molecule has 19 nitrogen and oxygen atoms in total. The van der Waals surface area contributed by atoms with Crippen LogP contribution in [0.25, 0.3) is 0 Å². The van der Waals surface area contributed by atoms with Crippen LogP contribution in [0.15, 0.2) is 107 Å². The predicted molar refractivity (Wildman–Crippen MR) is 265 cm³/mol. The minimum absolute atomic E-state index is 0.0498. The van der Waals surface area contributed by atoms with Crippen molar-refractivity contribution < 1.29 is 61.7 Å². The lowest BCUT2D eigenvalue weighted by atomic mass is 10.0. The Morgan fingerprint density at radius 2 is 1.56 bits per heavy atom. The third kappa shape index (κ3) is 12.9. The van der Waals surface area contributed by atoms with E-state index in [0.717, 1.165) is 22.6 Å². The molecule has 0 bridgehead atoms. The van der Waals surface area contributed by atoms with Crippen LogP contribution in [0, 0.1) is 6.92 Å². The number of carbonyl (C=O) groups excluding carboxylic acids is 5. The van der Waals surface area contributed by atoms with E-state index in [9.17, 15) is 24.0 Å². The van der Waals surface area contributed by atoms with E-state index in [4.69, 9.17) is 33.2 Å². The van der Waals surface area contributed by atoms with Gasteiger partial charge in [0.2, 0.25) is 11.9 Å². The molecule has 2 N–H and O–H groups in total. The van der Waals surface area contributed by atoms with E-state index >= 15 is 0 Å². The summed E-state index contributed by atoms with van der Waals surface area (Å²) in [7, 11) is 4.44. The second-order valence-electron chi connectivity index (χ2n) is 17.8. The normalized spacial score (nSPS) is 15.7. The second kappa shape index (κ2) is 22.2. The molecule has 0 aliphatic carbocycles. The first-order valence-corrected chi connectivity index (χ1v) is 24.3. The smallest absolute Gasteiger partial charge is 0.353 e. The van der Waals surface area contributed by atoms with Crippen molar-refractivity contribution >= 4 is 72.2 Å². The average Bonchev–Trinajstić information content (AvgIpc) is 3.99. The fourth-order valence-electron chi connectivity index (χ4n) is 7.17. The summed E-state index contributed by atoms with van der Waals surface area (Å²) in [4.78, 5) is 78.7. The Morgan fingerprint density at radius 3 is 2.15 bits per heavy atom. The number of methoxy groups -OCH3 is 2. The first-order chi connectivity index (χ1) is 33.8. The zero-order valence-corrected chi connectivity index (χ0v) is 42.4. The summed E-state index contributed by atoms with van der Waals surface area (Å²) in [6.07, 6.45) is 5.18. The topological polar surface area (TPSA) is 211 Å². The molecule has 0 unspecified atom stereocenters. The largest absolute Gasteiger partial charge is 0.539 e. The molecule has 5 aromatic rings. The summed E-state index contributed by atoms with van der Waals surface area (Å²) in [6.45, 7) is 10.5. The van der Waals surface area contributed by atoms with Crippen LogP contribution in [0.5, 0.6) is 23.0 Å². The Hall–Kier alpha value is -7.33. The first kappa shape index (κ1) is 51.5. The van der Waals surface area contributed by atoms with Crippen molar-refractivity contribution in [1.82, 2.24) is 19.8 Å². The third-order valence-corrected chi connectivity index (χ3v) is 12.9. The van der Waals surface area contributed by atoms with Crippen molar-refractivity contribution in [3.63, 3.8) is 0 Å². The van der Waals surface area contributed by atoms with E-state index in [1.165, 1.54) is 49.9 Å². The summed E-state index contributed by atoms with van der Waals surface area (Å²) in [5, 5.41) is 11.4. The van der Waals surface area contributed by atoms with E-state index in [-0.39, 0.29) is 49.3 Å². The van der Waals surface area contributed by atoms with E-state index < -0.39 is 46.4 Å². The zero-order chi connectivity index (χ0) is 51.0. The van der Waals surface area contributed by atoms with Gasteiger partial charge in [-0.1, -0.05) is 29.4 Å². The average molecular weight is 1010 g/mol. The number of thiazole rings is 1. The van der Waals surface area contributed by atoms with Crippen LogP contribution in [0.1, 0.15) is 56.4 Å². The Morgan fingerprint density at radius 1 is 0.915 bits per heavy atom. The summed E-state index contributed by atoms with van der Waals surface area (Å²) in [5.74, 6) is -0.352. The van der Waals surface area contributed by atoms with Crippen molar-refractivity contribution in [2.45, 2.75) is 90.5 Å². The minimum Gasteiger partial charge on any atom is -0.539 e. The number of nitrogens with one attached hydrogen (secondary N) is 2. The maximum Gasteiger partial charge on any atom is 0.353 e. The van der Waals surface area contributed by atoms with Gasteiger partial charge in [0, 0.05) is 28.5 Å². The zero-order valence-electron chi connectivity index (χ0n) is 40.8. The highest BCUT2D eigenvalue weighted by molar-refractivity contribution is 8.00. The maximum atomic E-state index is 13.8. The lowest BCUT2D eigenvalue weighted by Gasteiger charge is -2.49. The number of thioether (sulfide) groups is 1. The van der Waals surface area contributed by atoms with Gasteiger partial charge in [-0.05, 0) is 89.1 Å². The molecule has 1 fully saturated rings. The van der Waals surface area contributed by atoms with Gasteiger partial charge in [0.25, 0.3) is 17.7 Å². The summed E-state index contributed by atoms with van der Waals surface area (Å²) in [5.41, 5.74) is 0.552. The Balaban J connectivity index is 1.00. The summed E-state index contributed by atoms with van der Waals surface area (Å²) >= 11 is 2.63. The molecule has 22 heteroatoms. The molecule has 0 radical (unpaired) electrons. The number of imidazole rings is 1. The number of amides is 3. The molecule has 3 aromatic carbocycles. The molecule has 0 saturated carbocycles. The standard InChI is InChI=1S/C49H54BN7O12S2/c1-29-51-36(27-70-29)40(54-69-49(5,6)47(62)67-48(2,3)4)43(59)53-41-44(60)57-42(46(61)68-50)32(26-71-45(41)57)22-55-19-20-56(28-55)23-39(58)52-33-13-18-37(65-24-30-9-14-34(63-7)15-10-30)38(21-33)66-25-31-11-16-35(64-8)17-12-31/h9-21,27-28,41,45H,22-26,50H2,1-8H3,(H-,52,53,58,59)/p+1/b54-40-/t41-,45-/m1/s1. The monoisotopic (exact) mass is 1010 g/mol. The number of anilines is 1. The third-order valence-electron chi connectivity index (χ3n) is 10.8. The number of oxime groups is 1. The highest BCUT2D eigenvalue weighted by Crippen LogP contribution is 2.41. The van der Waals surface area contributed by atoms with Gasteiger partial charge >= 0.3 is 20.0 Å². The number of hydrogen-bond acceptors (Lipinski definition) is 16. The number of benzene rings is 3. The molecule has 3 amide bonds. The van der Waals surface area contributed by atoms with Crippen LogP contribution in [-0.2, 0) is 64.5 Å². The Labute approximate surface area is 419 Å². The van der Waals surface area contributed by atoms with Gasteiger partial charge in [-0.15, -0.1) is 23.1 Å². The highest BCUT2D eigenvalue weighted by Gasteiger charge is 2.55. The lowest BCUT2D eigenvalue weighted by Crippen LogP contribution is -2.71. The van der Waals surface area contributed by atoms with Gasteiger partial charge in [-0.25, -0.2) is 23.7 Å². The number of nitrogens with zero attached hydrogens (tertiary/aromatic N) is 5. The Bertz CT molecular complexity index is 2840. The number of ether oxygens (including phenoxy) is 5. The van der Waals surface area contributed by atoms with Crippen molar-refractivity contribution in [2.24, 2.45) is 5.16 Å². The van der Waals surface area contributed by atoms with Gasteiger partial charge in [0.1, 0.15) is 72.1 Å². The quantitative estimate of drug-likeness (QED) is 0.0272. The number of esters is 1. The number of aromatic nitrogens is 3. The second-order valence-corrected chi connectivity index (χ2v) is 20.0. The van der Waals surface area contributed by atoms with Crippen LogP contribution in [0.2, 0.25) is 0 Å². The lowest BCUT2D eigenvalue weighted by molar-refractivity contribution is -0.688. The molecule has 0 spiro atoms. The summed E-state index contributed by atoms with van der Waals surface area (Å²) in [6, 6.07) is 19.2. The molecule has 7 rings (SSSR count). The van der Waals surface area contributed by atoms with Crippen molar-refractivity contribution in [1.29, 1.82) is 0 Å². The fraction of sp³-hybridized carbons (Fsp3) is 0.347. The fourth-order valence-corrected chi connectivity index (χ4v) is 9.10. The van der Waals surface area contributed by atoms with Gasteiger partial charge in [0.15, 0.2) is 23.8 Å². The molecular weight excluding hydrogens is 954 g/mol. The van der Waals surface area contributed by atoms with Crippen molar-refractivity contribution in [3.05, 3.63) is 124 Å². The van der Waals surface area contributed by atoms with Crippen LogP contribution in [0.4, 0.5) is 5.69 Å². The minimum atomic E-state index is -1.57. The first-order valence-electron chi connectivity index (χ1n) is 22.3. The van der Waals surface area contributed by atoms with Crippen LogP contribution in [-0.4, -0.2) is 100 Å². The number of β-lactam (4-membered cyclic amide) rings is 1. The number of hydrogen-bond donors (Lipinski definition) is 2. The molecule has 2 aromatic heterocycles. The van der Waals surface area contributed by atoms with Gasteiger partial charge < -0.3 is 43.8 Å². The van der Waals surface area contributed by atoms with E-state index in [0.29, 0.717) is 33.5 Å². The van der Waals surface area contributed by atoms with Crippen LogP contribution in [0.3, 0.4) is 0 Å². The van der Waals surface area contributed by atoms with Crippen LogP contribution >= 0.6 is 23.1 Å².